The Morgan fingerprint density at radius 2 is 2.00 bits per heavy atom. The number of hydrogen-bond donors (Lipinski definition) is 2. The van der Waals surface area contributed by atoms with Crippen LogP contribution in [0.4, 0.5) is 5.69 Å². The predicted octanol–water partition coefficient (Wildman–Crippen LogP) is 4.22. The van der Waals surface area contributed by atoms with Crippen LogP contribution in [0.1, 0.15) is 5.56 Å². The Hall–Kier alpha value is -2.00. The maximum Gasteiger partial charge on any atom is 0.115 e. The zero-order chi connectivity index (χ0) is 12.4. The van der Waals surface area contributed by atoms with Gasteiger partial charge >= 0.3 is 0 Å². The van der Waals surface area contributed by atoms with Gasteiger partial charge in [0, 0.05) is 16.9 Å². The molecule has 3 aromatic rings. The van der Waals surface area contributed by atoms with E-state index in [1.807, 2.05) is 12.1 Å². The largest absolute Gasteiger partial charge is 0.508 e. The van der Waals surface area contributed by atoms with Crippen molar-refractivity contribution in [3.05, 3.63) is 59.5 Å². The molecule has 18 heavy (non-hydrogen) atoms. The van der Waals surface area contributed by atoms with Crippen molar-refractivity contribution in [2.45, 2.75) is 6.54 Å². The summed E-state index contributed by atoms with van der Waals surface area (Å²) in [4.78, 5) is 0. The fraction of sp³-hybridized carbons (Fsp3) is 0.0667. The number of thiophene rings is 1. The summed E-state index contributed by atoms with van der Waals surface area (Å²) in [5.74, 6) is 0.308. The van der Waals surface area contributed by atoms with E-state index >= 15 is 0 Å². The van der Waals surface area contributed by atoms with Gasteiger partial charge in [-0.05, 0) is 52.7 Å². The fourth-order valence-corrected chi connectivity index (χ4v) is 2.72. The molecule has 2 aromatic carbocycles. The molecule has 2 N–H and O–H groups in total. The third kappa shape index (κ3) is 2.31. The zero-order valence-electron chi connectivity index (χ0n) is 9.76. The van der Waals surface area contributed by atoms with E-state index in [2.05, 4.69) is 35.0 Å². The summed E-state index contributed by atoms with van der Waals surface area (Å²) in [6.07, 6.45) is 0. The lowest BCUT2D eigenvalue weighted by molar-refractivity contribution is 0.474. The smallest absolute Gasteiger partial charge is 0.115 e. The van der Waals surface area contributed by atoms with Crippen molar-refractivity contribution >= 4 is 27.1 Å². The van der Waals surface area contributed by atoms with E-state index in [1.54, 1.807) is 23.5 Å². The third-order valence-corrected chi connectivity index (χ3v) is 3.76. The molecular formula is C15H13NOS. The van der Waals surface area contributed by atoms with E-state index in [-0.39, 0.29) is 0 Å². The minimum absolute atomic E-state index is 0.308. The first-order valence-corrected chi connectivity index (χ1v) is 6.68. The molecule has 0 amide bonds. The van der Waals surface area contributed by atoms with Gasteiger partial charge in [0.25, 0.3) is 0 Å². The van der Waals surface area contributed by atoms with Crippen LogP contribution >= 0.6 is 11.3 Å². The van der Waals surface area contributed by atoms with Gasteiger partial charge in [0.15, 0.2) is 0 Å². The molecule has 0 bridgehead atoms. The molecule has 0 aliphatic rings. The van der Waals surface area contributed by atoms with Gasteiger partial charge in [0.2, 0.25) is 0 Å². The lowest BCUT2D eigenvalue weighted by Gasteiger charge is -2.07. The molecule has 0 radical (unpaired) electrons. The molecular weight excluding hydrogens is 242 g/mol. The topological polar surface area (TPSA) is 32.3 Å². The van der Waals surface area contributed by atoms with Gasteiger partial charge in [-0.25, -0.2) is 0 Å². The molecule has 3 rings (SSSR count). The second-order valence-electron chi connectivity index (χ2n) is 4.20. The summed E-state index contributed by atoms with van der Waals surface area (Å²) < 4.78 is 1.30. The number of benzene rings is 2. The molecule has 0 fully saturated rings. The van der Waals surface area contributed by atoms with Gasteiger partial charge in [0.1, 0.15) is 5.75 Å². The maximum absolute atomic E-state index is 9.40. The lowest BCUT2D eigenvalue weighted by atomic mass is 10.2. The van der Waals surface area contributed by atoms with Crippen molar-refractivity contribution < 1.29 is 5.11 Å². The number of phenolic OH excluding ortho intramolecular Hbond substituents is 1. The summed E-state index contributed by atoms with van der Waals surface area (Å²) in [6.45, 7) is 0.712. The second-order valence-corrected chi connectivity index (χ2v) is 5.14. The average Bonchev–Trinajstić information content (AvgIpc) is 2.84. The summed E-state index contributed by atoms with van der Waals surface area (Å²) in [5, 5.41) is 16.1. The van der Waals surface area contributed by atoms with Crippen molar-refractivity contribution in [3.8, 4) is 5.75 Å². The van der Waals surface area contributed by atoms with Crippen LogP contribution in [-0.4, -0.2) is 5.11 Å². The Balaban J connectivity index is 1.76. The minimum Gasteiger partial charge on any atom is -0.508 e. The van der Waals surface area contributed by atoms with Gasteiger partial charge < -0.3 is 10.4 Å². The van der Waals surface area contributed by atoms with E-state index in [0.717, 1.165) is 11.3 Å². The lowest BCUT2D eigenvalue weighted by Crippen LogP contribution is -1.98. The molecule has 0 aliphatic carbocycles. The highest BCUT2D eigenvalue weighted by Gasteiger charge is 1.98. The van der Waals surface area contributed by atoms with Gasteiger partial charge in [-0.15, -0.1) is 11.3 Å². The van der Waals surface area contributed by atoms with Crippen LogP contribution in [0, 0.1) is 0 Å². The summed E-state index contributed by atoms with van der Waals surface area (Å²) in [5.41, 5.74) is 2.17. The van der Waals surface area contributed by atoms with Crippen LogP contribution in [0.25, 0.3) is 10.1 Å². The number of aromatic hydroxyl groups is 1. The summed E-state index contributed by atoms with van der Waals surface area (Å²) in [6, 6.07) is 15.8. The van der Waals surface area contributed by atoms with Gasteiger partial charge in [-0.3, -0.25) is 0 Å². The molecule has 2 nitrogen and oxygen atoms in total. The highest BCUT2D eigenvalue weighted by Crippen LogP contribution is 2.24. The highest BCUT2D eigenvalue weighted by molar-refractivity contribution is 7.17. The first-order valence-electron chi connectivity index (χ1n) is 5.80. The van der Waals surface area contributed by atoms with E-state index in [1.165, 1.54) is 10.1 Å². The van der Waals surface area contributed by atoms with E-state index in [9.17, 15) is 5.11 Å². The Morgan fingerprint density at radius 1 is 1.06 bits per heavy atom. The van der Waals surface area contributed by atoms with Crippen molar-refractivity contribution in [2.75, 3.05) is 5.32 Å². The zero-order valence-corrected chi connectivity index (χ0v) is 10.6. The summed E-state index contributed by atoms with van der Waals surface area (Å²) in [7, 11) is 0. The van der Waals surface area contributed by atoms with E-state index < -0.39 is 0 Å². The molecule has 1 heterocycles. The molecule has 90 valence electrons. The highest BCUT2D eigenvalue weighted by atomic mass is 32.1. The first-order chi connectivity index (χ1) is 8.81. The predicted molar refractivity (Wildman–Crippen MR) is 77.3 cm³/mol. The average molecular weight is 255 g/mol. The molecule has 0 spiro atoms. The van der Waals surface area contributed by atoms with Crippen molar-refractivity contribution in [1.29, 1.82) is 0 Å². The number of nitrogens with one attached hydrogen (secondary N) is 1. The van der Waals surface area contributed by atoms with Crippen molar-refractivity contribution in [1.82, 2.24) is 0 Å². The fourth-order valence-electron chi connectivity index (χ4n) is 1.95. The molecule has 0 aliphatic heterocycles. The van der Waals surface area contributed by atoms with Crippen LogP contribution in [0.3, 0.4) is 0 Å². The van der Waals surface area contributed by atoms with Crippen molar-refractivity contribution in [3.63, 3.8) is 0 Å². The molecule has 3 heteroatoms. The van der Waals surface area contributed by atoms with Crippen LogP contribution in [0.5, 0.6) is 5.75 Å². The number of fused-ring (bicyclic) bond motifs is 1. The van der Waals surface area contributed by atoms with Gasteiger partial charge in [-0.2, -0.15) is 0 Å². The Morgan fingerprint density at radius 3 is 2.89 bits per heavy atom. The molecule has 0 unspecified atom stereocenters. The number of anilines is 1. The first kappa shape index (κ1) is 11.1. The number of phenols is 1. The van der Waals surface area contributed by atoms with Gasteiger partial charge in [-0.1, -0.05) is 12.1 Å². The standard InChI is InChI=1S/C15H13NOS/c17-14-3-1-2-11(8-14)10-16-13-4-5-15-12(9-13)6-7-18-15/h1-9,16-17H,10H2. The SMILES string of the molecule is Oc1cccc(CNc2ccc3sccc3c2)c1. The second kappa shape index (κ2) is 4.70. The van der Waals surface area contributed by atoms with Gasteiger partial charge in [0.05, 0.1) is 0 Å². The Bertz CT molecular complexity index is 675. The molecule has 0 saturated carbocycles. The molecule has 0 saturated heterocycles. The maximum atomic E-state index is 9.40. The monoisotopic (exact) mass is 255 g/mol. The van der Waals surface area contributed by atoms with Crippen molar-refractivity contribution in [2.24, 2.45) is 0 Å². The Kier molecular flexibility index (Phi) is 2.90. The van der Waals surface area contributed by atoms with Crippen LogP contribution < -0.4 is 5.32 Å². The third-order valence-electron chi connectivity index (χ3n) is 2.86. The number of hydrogen-bond acceptors (Lipinski definition) is 3. The van der Waals surface area contributed by atoms with E-state index in [4.69, 9.17) is 0 Å². The number of rotatable bonds is 3. The normalized spacial score (nSPS) is 10.7. The van der Waals surface area contributed by atoms with Crippen LogP contribution in [0.15, 0.2) is 53.9 Å². The molecule has 0 atom stereocenters. The van der Waals surface area contributed by atoms with Crippen LogP contribution in [0.2, 0.25) is 0 Å². The summed E-state index contributed by atoms with van der Waals surface area (Å²) >= 11 is 1.75. The van der Waals surface area contributed by atoms with Crippen LogP contribution in [-0.2, 0) is 6.54 Å². The Labute approximate surface area is 110 Å². The molecule has 1 aromatic heterocycles. The minimum atomic E-state index is 0.308. The quantitative estimate of drug-likeness (QED) is 0.734. The van der Waals surface area contributed by atoms with E-state index in [0.29, 0.717) is 12.3 Å².